The van der Waals surface area contributed by atoms with E-state index < -0.39 is 0 Å². The van der Waals surface area contributed by atoms with Crippen LogP contribution in [0.15, 0.2) is 24.3 Å². The summed E-state index contributed by atoms with van der Waals surface area (Å²) in [5, 5.41) is 2.97. The molecule has 0 saturated carbocycles. The van der Waals surface area contributed by atoms with Crippen molar-refractivity contribution in [3.05, 3.63) is 29.8 Å². The van der Waals surface area contributed by atoms with Gasteiger partial charge in [0.25, 0.3) is 0 Å². The van der Waals surface area contributed by atoms with E-state index in [2.05, 4.69) is 5.32 Å². The van der Waals surface area contributed by atoms with Crippen molar-refractivity contribution in [2.75, 3.05) is 20.2 Å². The normalized spacial score (nSPS) is 18.8. The summed E-state index contributed by atoms with van der Waals surface area (Å²) in [4.78, 5) is 26.1. The third-order valence-electron chi connectivity index (χ3n) is 4.39. The molecule has 126 valence electrons. The van der Waals surface area contributed by atoms with Gasteiger partial charge in [0, 0.05) is 25.6 Å². The molecule has 1 fully saturated rings. The topological polar surface area (TPSA) is 58.6 Å². The molecule has 1 heterocycles. The molecular weight excluding hydrogens is 292 g/mol. The van der Waals surface area contributed by atoms with Gasteiger partial charge in [0.15, 0.2) is 0 Å². The number of nitrogens with zero attached hydrogens (tertiary/aromatic N) is 1. The SMILES string of the molecule is CCC(C)NC(=O)C1CC(=O)N(CCc2cccc(OC)c2)C1. The zero-order valence-electron chi connectivity index (χ0n) is 14.2. The Balaban J connectivity index is 1.86. The van der Waals surface area contributed by atoms with Crippen molar-refractivity contribution in [2.24, 2.45) is 5.92 Å². The molecule has 0 aliphatic carbocycles. The first-order chi connectivity index (χ1) is 11.0. The number of amides is 2. The van der Waals surface area contributed by atoms with Gasteiger partial charge in [-0.25, -0.2) is 0 Å². The first kappa shape index (κ1) is 17.3. The fourth-order valence-electron chi connectivity index (χ4n) is 2.72. The predicted molar refractivity (Wildman–Crippen MR) is 89.3 cm³/mol. The number of ether oxygens (including phenoxy) is 1. The first-order valence-electron chi connectivity index (χ1n) is 8.24. The smallest absolute Gasteiger partial charge is 0.225 e. The molecular formula is C18H26N2O3. The second kappa shape index (κ2) is 7.99. The Bertz CT molecular complexity index is 559. The number of carbonyl (C=O) groups is 2. The van der Waals surface area contributed by atoms with E-state index in [1.165, 1.54) is 0 Å². The minimum atomic E-state index is -0.221. The Hall–Kier alpha value is -2.04. The second-order valence-corrected chi connectivity index (χ2v) is 6.16. The van der Waals surface area contributed by atoms with E-state index in [4.69, 9.17) is 4.74 Å². The Kier molecular flexibility index (Phi) is 6.02. The van der Waals surface area contributed by atoms with Gasteiger partial charge >= 0.3 is 0 Å². The van der Waals surface area contributed by atoms with Gasteiger partial charge in [-0.3, -0.25) is 9.59 Å². The van der Waals surface area contributed by atoms with E-state index in [0.717, 1.165) is 24.2 Å². The third kappa shape index (κ3) is 4.71. The maximum Gasteiger partial charge on any atom is 0.225 e. The van der Waals surface area contributed by atoms with Crippen molar-refractivity contribution in [2.45, 2.75) is 39.2 Å². The molecule has 0 radical (unpaired) electrons. The lowest BCUT2D eigenvalue weighted by Gasteiger charge is -2.18. The molecule has 0 aromatic heterocycles. The summed E-state index contributed by atoms with van der Waals surface area (Å²) < 4.78 is 5.21. The van der Waals surface area contributed by atoms with Crippen LogP contribution >= 0.6 is 0 Å². The van der Waals surface area contributed by atoms with E-state index in [0.29, 0.717) is 19.5 Å². The summed E-state index contributed by atoms with van der Waals surface area (Å²) in [6, 6.07) is 8.01. The molecule has 5 heteroatoms. The monoisotopic (exact) mass is 318 g/mol. The van der Waals surface area contributed by atoms with E-state index in [1.807, 2.05) is 38.1 Å². The lowest BCUT2D eigenvalue weighted by atomic mass is 10.1. The highest BCUT2D eigenvalue weighted by atomic mass is 16.5. The van der Waals surface area contributed by atoms with Crippen molar-refractivity contribution in [1.82, 2.24) is 10.2 Å². The number of nitrogens with one attached hydrogen (secondary N) is 1. The molecule has 5 nitrogen and oxygen atoms in total. The average Bonchev–Trinajstić information content (AvgIpc) is 2.94. The summed E-state index contributed by atoms with van der Waals surface area (Å²) in [6.45, 7) is 5.17. The molecule has 1 aliphatic heterocycles. The van der Waals surface area contributed by atoms with E-state index in [1.54, 1.807) is 12.0 Å². The maximum atomic E-state index is 12.2. The molecule has 1 aromatic carbocycles. The number of carbonyl (C=O) groups excluding carboxylic acids is 2. The second-order valence-electron chi connectivity index (χ2n) is 6.16. The Labute approximate surface area is 138 Å². The van der Waals surface area contributed by atoms with Gasteiger partial charge in [0.1, 0.15) is 5.75 Å². The van der Waals surface area contributed by atoms with E-state index in [9.17, 15) is 9.59 Å². The zero-order chi connectivity index (χ0) is 16.8. The quantitative estimate of drug-likeness (QED) is 0.836. The Morgan fingerprint density at radius 2 is 2.26 bits per heavy atom. The van der Waals surface area contributed by atoms with Gasteiger partial charge in [0.05, 0.1) is 13.0 Å². The van der Waals surface area contributed by atoms with Crippen LogP contribution in [-0.2, 0) is 16.0 Å². The summed E-state index contributed by atoms with van der Waals surface area (Å²) >= 11 is 0. The zero-order valence-corrected chi connectivity index (χ0v) is 14.2. The van der Waals surface area contributed by atoms with Crippen molar-refractivity contribution in [3.63, 3.8) is 0 Å². The molecule has 1 saturated heterocycles. The molecule has 1 aromatic rings. The van der Waals surface area contributed by atoms with Crippen LogP contribution in [0.2, 0.25) is 0 Å². The lowest BCUT2D eigenvalue weighted by Crippen LogP contribution is -2.38. The summed E-state index contributed by atoms with van der Waals surface area (Å²) in [5.74, 6) is 0.664. The summed E-state index contributed by atoms with van der Waals surface area (Å²) in [6.07, 6.45) is 1.98. The van der Waals surface area contributed by atoms with Crippen molar-refractivity contribution >= 4 is 11.8 Å². The van der Waals surface area contributed by atoms with Gasteiger partial charge in [-0.2, -0.15) is 0 Å². The van der Waals surface area contributed by atoms with Crippen LogP contribution in [0.5, 0.6) is 5.75 Å². The standard InChI is InChI=1S/C18H26N2O3/c1-4-13(2)19-18(22)15-11-17(21)20(12-15)9-8-14-6-5-7-16(10-14)23-3/h5-7,10,13,15H,4,8-9,11-12H2,1-3H3,(H,19,22). The average molecular weight is 318 g/mol. The molecule has 2 unspecified atom stereocenters. The van der Waals surface area contributed by atoms with Gasteiger partial charge < -0.3 is 15.0 Å². The third-order valence-corrected chi connectivity index (χ3v) is 4.39. The number of methoxy groups -OCH3 is 1. The van der Waals surface area contributed by atoms with Crippen LogP contribution < -0.4 is 10.1 Å². The van der Waals surface area contributed by atoms with Crippen LogP contribution in [0.4, 0.5) is 0 Å². The maximum absolute atomic E-state index is 12.2. The molecule has 1 aliphatic rings. The lowest BCUT2D eigenvalue weighted by molar-refractivity contribution is -0.129. The number of likely N-dealkylation sites (tertiary alicyclic amines) is 1. The largest absolute Gasteiger partial charge is 0.497 e. The highest BCUT2D eigenvalue weighted by Crippen LogP contribution is 2.20. The van der Waals surface area contributed by atoms with Gasteiger partial charge in [-0.05, 0) is 37.5 Å². The minimum Gasteiger partial charge on any atom is -0.497 e. The van der Waals surface area contributed by atoms with Crippen LogP contribution in [0.25, 0.3) is 0 Å². The number of rotatable bonds is 7. The van der Waals surface area contributed by atoms with Crippen molar-refractivity contribution in [1.29, 1.82) is 0 Å². The highest BCUT2D eigenvalue weighted by molar-refractivity contribution is 5.89. The number of hydrogen-bond donors (Lipinski definition) is 1. The molecule has 0 spiro atoms. The molecule has 2 atom stereocenters. The number of hydrogen-bond acceptors (Lipinski definition) is 3. The molecule has 1 N–H and O–H groups in total. The van der Waals surface area contributed by atoms with Crippen LogP contribution in [0.1, 0.15) is 32.3 Å². The molecule has 0 bridgehead atoms. The molecule has 23 heavy (non-hydrogen) atoms. The van der Waals surface area contributed by atoms with Gasteiger partial charge in [0.2, 0.25) is 11.8 Å². The van der Waals surface area contributed by atoms with Crippen molar-refractivity contribution < 1.29 is 14.3 Å². The van der Waals surface area contributed by atoms with Crippen molar-refractivity contribution in [3.8, 4) is 5.75 Å². The fourth-order valence-corrected chi connectivity index (χ4v) is 2.72. The highest BCUT2D eigenvalue weighted by Gasteiger charge is 2.34. The van der Waals surface area contributed by atoms with Gasteiger partial charge in [-0.15, -0.1) is 0 Å². The Morgan fingerprint density at radius 1 is 1.48 bits per heavy atom. The predicted octanol–water partition coefficient (Wildman–Crippen LogP) is 2.00. The summed E-state index contributed by atoms with van der Waals surface area (Å²) in [7, 11) is 1.64. The first-order valence-corrected chi connectivity index (χ1v) is 8.24. The van der Waals surface area contributed by atoms with Crippen LogP contribution in [0, 0.1) is 5.92 Å². The molecule has 2 amide bonds. The minimum absolute atomic E-state index is 0.00317. The van der Waals surface area contributed by atoms with Crippen LogP contribution in [-0.4, -0.2) is 43.0 Å². The van der Waals surface area contributed by atoms with E-state index in [-0.39, 0.29) is 23.8 Å². The van der Waals surface area contributed by atoms with E-state index >= 15 is 0 Å². The Morgan fingerprint density at radius 3 is 2.96 bits per heavy atom. The molecule has 2 rings (SSSR count). The van der Waals surface area contributed by atoms with Crippen LogP contribution in [0.3, 0.4) is 0 Å². The number of benzene rings is 1. The van der Waals surface area contributed by atoms with Gasteiger partial charge in [-0.1, -0.05) is 19.1 Å². The summed E-state index contributed by atoms with van der Waals surface area (Å²) in [5.41, 5.74) is 1.13. The fraction of sp³-hybridized carbons (Fsp3) is 0.556.